The van der Waals surface area contributed by atoms with Gasteiger partial charge in [-0.3, -0.25) is 0 Å². The maximum Gasteiger partial charge on any atom is 0.153 e. The van der Waals surface area contributed by atoms with Gasteiger partial charge >= 0.3 is 0 Å². The topological polar surface area (TPSA) is 42.7 Å². The van der Waals surface area contributed by atoms with Gasteiger partial charge in [-0.2, -0.15) is 5.10 Å². The average molecular weight is 242 g/mol. The molecule has 0 radical (unpaired) electrons. The monoisotopic (exact) mass is 242 g/mol. The minimum Gasteiger partial charge on any atom is -0.316 e. The molecule has 2 aromatic heterocycles. The first kappa shape index (κ1) is 11.4. The fraction of sp³-hybridized carbons (Fsp3) is 0.429. The zero-order valence-electron chi connectivity index (χ0n) is 10.8. The molecule has 0 amide bonds. The van der Waals surface area contributed by atoms with Gasteiger partial charge in [-0.15, -0.1) is 0 Å². The van der Waals surface area contributed by atoms with Crippen molar-refractivity contribution in [1.29, 1.82) is 0 Å². The van der Waals surface area contributed by atoms with Crippen molar-refractivity contribution < 1.29 is 0 Å². The van der Waals surface area contributed by atoms with Crippen molar-refractivity contribution in [3.63, 3.8) is 0 Å². The minimum atomic E-state index is 0.665. The number of nitrogens with one attached hydrogen (secondary N) is 1. The van der Waals surface area contributed by atoms with Crippen LogP contribution in [0.25, 0.3) is 5.82 Å². The van der Waals surface area contributed by atoms with Gasteiger partial charge in [0, 0.05) is 24.2 Å². The van der Waals surface area contributed by atoms with E-state index in [0.717, 1.165) is 12.4 Å². The van der Waals surface area contributed by atoms with Crippen LogP contribution < -0.4 is 5.32 Å². The largest absolute Gasteiger partial charge is 0.316 e. The van der Waals surface area contributed by atoms with Crippen LogP contribution in [0.2, 0.25) is 0 Å². The molecule has 1 aliphatic carbocycles. The Morgan fingerprint density at radius 2 is 2.28 bits per heavy atom. The van der Waals surface area contributed by atoms with E-state index < -0.39 is 0 Å². The van der Waals surface area contributed by atoms with Crippen LogP contribution in [0.1, 0.15) is 35.6 Å². The molecule has 1 fully saturated rings. The zero-order chi connectivity index (χ0) is 12.5. The summed E-state index contributed by atoms with van der Waals surface area (Å²) >= 11 is 0. The summed E-state index contributed by atoms with van der Waals surface area (Å²) in [6.45, 7) is 2.96. The van der Waals surface area contributed by atoms with E-state index in [1.807, 2.05) is 30.2 Å². The number of aromatic nitrogens is 3. The molecule has 0 aliphatic heterocycles. The van der Waals surface area contributed by atoms with Crippen molar-refractivity contribution in [3.05, 3.63) is 41.3 Å². The lowest BCUT2D eigenvalue weighted by Crippen LogP contribution is -2.09. The number of hydrogen-bond donors (Lipinski definition) is 1. The number of rotatable bonds is 4. The van der Waals surface area contributed by atoms with E-state index in [2.05, 4.69) is 28.4 Å². The second kappa shape index (κ2) is 4.53. The Balaban J connectivity index is 2.06. The van der Waals surface area contributed by atoms with Gasteiger partial charge in [-0.1, -0.05) is 0 Å². The van der Waals surface area contributed by atoms with Crippen molar-refractivity contribution in [2.45, 2.75) is 32.2 Å². The molecular formula is C14H18N4. The average Bonchev–Trinajstić information content (AvgIpc) is 3.11. The van der Waals surface area contributed by atoms with Crippen LogP contribution in [0.15, 0.2) is 24.5 Å². The van der Waals surface area contributed by atoms with Gasteiger partial charge in [0.25, 0.3) is 0 Å². The van der Waals surface area contributed by atoms with Gasteiger partial charge in [0.2, 0.25) is 0 Å². The highest BCUT2D eigenvalue weighted by Gasteiger charge is 2.30. The quantitative estimate of drug-likeness (QED) is 0.893. The first-order chi connectivity index (χ1) is 8.79. The maximum atomic E-state index is 4.52. The van der Waals surface area contributed by atoms with Crippen LogP contribution >= 0.6 is 0 Å². The van der Waals surface area contributed by atoms with Crippen LogP contribution in [0, 0.1) is 6.92 Å². The predicted octanol–water partition coefficient (Wildman–Crippen LogP) is 2.17. The third-order valence-electron chi connectivity index (χ3n) is 3.34. The normalized spacial score (nSPS) is 15.0. The highest BCUT2D eigenvalue weighted by atomic mass is 15.3. The molecule has 2 aromatic rings. The first-order valence-electron chi connectivity index (χ1n) is 6.44. The summed E-state index contributed by atoms with van der Waals surface area (Å²) in [5, 5.41) is 7.73. The number of pyridine rings is 1. The summed E-state index contributed by atoms with van der Waals surface area (Å²) in [4.78, 5) is 4.43. The second-order valence-electron chi connectivity index (χ2n) is 4.96. The number of hydrogen-bond acceptors (Lipinski definition) is 3. The van der Waals surface area contributed by atoms with Crippen LogP contribution in [0.5, 0.6) is 0 Å². The Labute approximate surface area is 107 Å². The van der Waals surface area contributed by atoms with E-state index in [0.29, 0.717) is 5.92 Å². The lowest BCUT2D eigenvalue weighted by atomic mass is 10.1. The summed E-state index contributed by atoms with van der Waals surface area (Å²) in [6, 6.07) is 4.10. The maximum absolute atomic E-state index is 4.52. The van der Waals surface area contributed by atoms with Gasteiger partial charge in [-0.25, -0.2) is 9.67 Å². The second-order valence-corrected chi connectivity index (χ2v) is 4.96. The van der Waals surface area contributed by atoms with Crippen molar-refractivity contribution in [2.24, 2.45) is 0 Å². The SMILES string of the molecule is CNCc1cnn(-c2cc(C)ccn2)c1C1CC1. The van der Waals surface area contributed by atoms with Crippen LogP contribution in [0.4, 0.5) is 0 Å². The molecule has 0 bridgehead atoms. The fourth-order valence-electron chi connectivity index (χ4n) is 2.33. The van der Waals surface area contributed by atoms with E-state index in [4.69, 9.17) is 0 Å². The Morgan fingerprint density at radius 3 is 2.94 bits per heavy atom. The molecule has 0 aromatic carbocycles. The molecule has 0 atom stereocenters. The van der Waals surface area contributed by atoms with Gasteiger partial charge < -0.3 is 5.32 Å². The Morgan fingerprint density at radius 1 is 1.44 bits per heavy atom. The Kier molecular flexibility index (Phi) is 2.88. The van der Waals surface area contributed by atoms with Crippen molar-refractivity contribution in [2.75, 3.05) is 7.05 Å². The molecule has 1 aliphatic rings. The summed E-state index contributed by atoms with van der Waals surface area (Å²) < 4.78 is 2.01. The summed E-state index contributed by atoms with van der Waals surface area (Å²) in [6.07, 6.45) is 6.36. The number of aryl methyl sites for hydroxylation is 1. The molecule has 1 saturated carbocycles. The summed E-state index contributed by atoms with van der Waals surface area (Å²) in [7, 11) is 1.97. The van der Waals surface area contributed by atoms with Crippen molar-refractivity contribution in [3.8, 4) is 5.82 Å². The van der Waals surface area contributed by atoms with Crippen LogP contribution in [0.3, 0.4) is 0 Å². The van der Waals surface area contributed by atoms with E-state index in [-0.39, 0.29) is 0 Å². The molecular weight excluding hydrogens is 224 g/mol. The van der Waals surface area contributed by atoms with Gasteiger partial charge in [-0.05, 0) is 44.5 Å². The fourth-order valence-corrected chi connectivity index (χ4v) is 2.33. The first-order valence-corrected chi connectivity index (χ1v) is 6.44. The van der Waals surface area contributed by atoms with Gasteiger partial charge in [0.15, 0.2) is 5.82 Å². The number of nitrogens with zero attached hydrogens (tertiary/aromatic N) is 3. The van der Waals surface area contributed by atoms with Crippen LogP contribution in [-0.2, 0) is 6.54 Å². The Bertz CT molecular complexity index is 555. The van der Waals surface area contributed by atoms with E-state index in [1.165, 1.54) is 29.7 Å². The summed E-state index contributed by atoms with van der Waals surface area (Å²) in [5.41, 5.74) is 3.85. The molecule has 0 unspecified atom stereocenters. The van der Waals surface area contributed by atoms with Crippen molar-refractivity contribution >= 4 is 0 Å². The molecule has 4 nitrogen and oxygen atoms in total. The lowest BCUT2D eigenvalue weighted by Gasteiger charge is -2.08. The zero-order valence-corrected chi connectivity index (χ0v) is 10.8. The predicted molar refractivity (Wildman–Crippen MR) is 70.8 cm³/mol. The van der Waals surface area contributed by atoms with Gasteiger partial charge in [0.05, 0.1) is 11.9 Å². The Hall–Kier alpha value is -1.68. The smallest absolute Gasteiger partial charge is 0.153 e. The molecule has 4 heteroatoms. The molecule has 94 valence electrons. The summed E-state index contributed by atoms with van der Waals surface area (Å²) in [5.74, 6) is 1.59. The lowest BCUT2D eigenvalue weighted by molar-refractivity contribution is 0.761. The molecule has 0 spiro atoms. The van der Waals surface area contributed by atoms with E-state index in [9.17, 15) is 0 Å². The third-order valence-corrected chi connectivity index (χ3v) is 3.34. The highest BCUT2D eigenvalue weighted by molar-refractivity contribution is 5.35. The van der Waals surface area contributed by atoms with E-state index in [1.54, 1.807) is 0 Å². The molecule has 2 heterocycles. The van der Waals surface area contributed by atoms with Crippen LogP contribution in [-0.4, -0.2) is 21.8 Å². The van der Waals surface area contributed by atoms with Gasteiger partial charge in [0.1, 0.15) is 0 Å². The molecule has 18 heavy (non-hydrogen) atoms. The molecule has 0 saturated heterocycles. The highest BCUT2D eigenvalue weighted by Crippen LogP contribution is 2.42. The molecule has 1 N–H and O–H groups in total. The third kappa shape index (κ3) is 2.04. The minimum absolute atomic E-state index is 0.665. The standard InChI is InChI=1S/C14H18N4/c1-10-5-6-16-13(7-10)18-14(11-3-4-11)12(8-15-2)9-17-18/h5-7,9,11,15H,3-4,8H2,1-2H3. The van der Waals surface area contributed by atoms with Crippen molar-refractivity contribution in [1.82, 2.24) is 20.1 Å². The molecule has 3 rings (SSSR count). The van der Waals surface area contributed by atoms with E-state index >= 15 is 0 Å².